The number of hydrogen-bond donors (Lipinski definition) is 3. The third kappa shape index (κ3) is 3.72. The van der Waals surface area contributed by atoms with E-state index in [0.717, 1.165) is 0 Å². The SMILES string of the molecule is C=C(C)C(=O)Nn1cnc(C[C@@H](N)C(=O)O)c1. The van der Waals surface area contributed by atoms with Gasteiger partial charge in [0.2, 0.25) is 0 Å². The van der Waals surface area contributed by atoms with E-state index in [-0.39, 0.29) is 12.3 Å². The number of nitrogens with zero attached hydrogens (tertiary/aromatic N) is 2. The van der Waals surface area contributed by atoms with Gasteiger partial charge in [-0.1, -0.05) is 6.58 Å². The van der Waals surface area contributed by atoms with Crippen LogP contribution in [0.1, 0.15) is 12.6 Å². The molecule has 1 atom stereocenters. The number of carboxylic acid groups (broad SMARTS) is 1. The third-order valence-corrected chi connectivity index (χ3v) is 2.00. The predicted octanol–water partition coefficient (Wildman–Crippen LogP) is -0.516. The molecule has 0 aliphatic heterocycles. The molecule has 17 heavy (non-hydrogen) atoms. The fraction of sp³-hybridized carbons (Fsp3) is 0.300. The zero-order valence-electron chi connectivity index (χ0n) is 9.38. The summed E-state index contributed by atoms with van der Waals surface area (Å²) < 4.78 is 1.33. The minimum absolute atomic E-state index is 0.102. The lowest BCUT2D eigenvalue weighted by Crippen LogP contribution is -2.32. The van der Waals surface area contributed by atoms with Gasteiger partial charge in [-0.2, -0.15) is 0 Å². The van der Waals surface area contributed by atoms with Crippen LogP contribution < -0.4 is 11.2 Å². The van der Waals surface area contributed by atoms with Gasteiger partial charge in [0.05, 0.1) is 5.69 Å². The normalized spacial score (nSPS) is 11.9. The number of carbonyl (C=O) groups is 2. The van der Waals surface area contributed by atoms with Crippen LogP contribution in [-0.2, 0) is 16.0 Å². The van der Waals surface area contributed by atoms with Crippen molar-refractivity contribution in [2.24, 2.45) is 5.73 Å². The van der Waals surface area contributed by atoms with Crippen molar-refractivity contribution in [2.45, 2.75) is 19.4 Å². The zero-order valence-corrected chi connectivity index (χ0v) is 9.38. The molecule has 1 amide bonds. The average Bonchev–Trinajstić information content (AvgIpc) is 2.65. The maximum absolute atomic E-state index is 11.3. The van der Waals surface area contributed by atoms with Gasteiger partial charge in [-0.15, -0.1) is 0 Å². The molecular formula is C10H14N4O3. The highest BCUT2D eigenvalue weighted by molar-refractivity contribution is 5.98. The molecule has 1 aromatic rings. The van der Waals surface area contributed by atoms with Crippen molar-refractivity contribution in [3.8, 4) is 0 Å². The minimum atomic E-state index is -1.09. The molecule has 0 radical (unpaired) electrons. The molecule has 7 nitrogen and oxygen atoms in total. The molecule has 1 heterocycles. The highest BCUT2D eigenvalue weighted by Gasteiger charge is 2.14. The second-order valence-electron chi connectivity index (χ2n) is 3.64. The van der Waals surface area contributed by atoms with E-state index in [2.05, 4.69) is 17.0 Å². The van der Waals surface area contributed by atoms with E-state index in [1.165, 1.54) is 17.2 Å². The van der Waals surface area contributed by atoms with Crippen LogP contribution in [0.15, 0.2) is 24.7 Å². The Morgan fingerprint density at radius 3 is 2.88 bits per heavy atom. The number of aromatic nitrogens is 2. The summed E-state index contributed by atoms with van der Waals surface area (Å²) in [4.78, 5) is 25.7. The van der Waals surface area contributed by atoms with Gasteiger partial charge in [0.15, 0.2) is 0 Å². The summed E-state index contributed by atoms with van der Waals surface area (Å²) in [7, 11) is 0. The number of aliphatic carboxylic acids is 1. The number of nitrogens with two attached hydrogens (primary N) is 1. The van der Waals surface area contributed by atoms with Crippen molar-refractivity contribution >= 4 is 11.9 Å². The molecule has 0 saturated carbocycles. The van der Waals surface area contributed by atoms with Crippen LogP contribution in [0.2, 0.25) is 0 Å². The van der Waals surface area contributed by atoms with E-state index >= 15 is 0 Å². The molecule has 0 aliphatic rings. The topological polar surface area (TPSA) is 110 Å². The maximum atomic E-state index is 11.3. The minimum Gasteiger partial charge on any atom is -0.480 e. The lowest BCUT2D eigenvalue weighted by atomic mass is 10.2. The Hall–Kier alpha value is -2.15. The smallest absolute Gasteiger partial charge is 0.320 e. The molecule has 92 valence electrons. The van der Waals surface area contributed by atoms with Crippen LogP contribution in [0.3, 0.4) is 0 Å². The van der Waals surface area contributed by atoms with Crippen molar-refractivity contribution in [3.05, 3.63) is 30.4 Å². The molecule has 1 rings (SSSR count). The third-order valence-electron chi connectivity index (χ3n) is 2.00. The Bertz CT molecular complexity index is 452. The van der Waals surface area contributed by atoms with Crippen molar-refractivity contribution < 1.29 is 14.7 Å². The largest absolute Gasteiger partial charge is 0.480 e. The van der Waals surface area contributed by atoms with Crippen LogP contribution in [-0.4, -0.2) is 32.7 Å². The van der Waals surface area contributed by atoms with Gasteiger partial charge in [0.1, 0.15) is 12.4 Å². The van der Waals surface area contributed by atoms with Crippen LogP contribution in [0.5, 0.6) is 0 Å². The highest BCUT2D eigenvalue weighted by Crippen LogP contribution is 1.99. The van der Waals surface area contributed by atoms with Gasteiger partial charge in [0.25, 0.3) is 5.91 Å². The molecule has 1 aromatic heterocycles. The number of amides is 1. The highest BCUT2D eigenvalue weighted by atomic mass is 16.4. The van der Waals surface area contributed by atoms with Crippen molar-refractivity contribution in [1.29, 1.82) is 0 Å². The molecule has 0 unspecified atom stereocenters. The molecule has 0 aliphatic carbocycles. The number of carbonyl (C=O) groups excluding carboxylic acids is 1. The summed E-state index contributed by atoms with van der Waals surface area (Å²) in [6.45, 7) is 5.06. The molecular weight excluding hydrogens is 224 g/mol. The summed E-state index contributed by atoms with van der Waals surface area (Å²) >= 11 is 0. The lowest BCUT2D eigenvalue weighted by molar-refractivity contribution is -0.138. The van der Waals surface area contributed by atoms with Gasteiger partial charge in [-0.25, -0.2) is 9.66 Å². The number of imidazole rings is 1. The van der Waals surface area contributed by atoms with E-state index in [4.69, 9.17) is 10.8 Å². The monoisotopic (exact) mass is 238 g/mol. The molecule has 4 N–H and O–H groups in total. The van der Waals surface area contributed by atoms with Gasteiger partial charge >= 0.3 is 5.97 Å². The predicted molar refractivity (Wildman–Crippen MR) is 60.7 cm³/mol. The second kappa shape index (κ2) is 5.26. The number of carboxylic acids is 1. The summed E-state index contributed by atoms with van der Waals surface area (Å²) in [5, 5.41) is 8.63. The first-order valence-corrected chi connectivity index (χ1v) is 4.88. The maximum Gasteiger partial charge on any atom is 0.320 e. The molecule has 7 heteroatoms. The molecule has 0 spiro atoms. The molecule has 0 saturated heterocycles. The van der Waals surface area contributed by atoms with E-state index in [1.54, 1.807) is 6.92 Å². The lowest BCUT2D eigenvalue weighted by Gasteiger charge is -2.04. The first kappa shape index (κ1) is 12.9. The summed E-state index contributed by atoms with van der Waals surface area (Å²) in [6.07, 6.45) is 2.97. The Morgan fingerprint density at radius 2 is 2.35 bits per heavy atom. The molecule has 0 aromatic carbocycles. The Morgan fingerprint density at radius 1 is 1.71 bits per heavy atom. The number of hydrogen-bond acceptors (Lipinski definition) is 4. The van der Waals surface area contributed by atoms with Gasteiger partial charge < -0.3 is 10.8 Å². The van der Waals surface area contributed by atoms with Crippen LogP contribution >= 0.6 is 0 Å². The van der Waals surface area contributed by atoms with Gasteiger partial charge in [-0.3, -0.25) is 15.0 Å². The van der Waals surface area contributed by atoms with Crippen LogP contribution in [0, 0.1) is 0 Å². The van der Waals surface area contributed by atoms with Gasteiger partial charge in [-0.05, 0) is 6.92 Å². The fourth-order valence-corrected chi connectivity index (χ4v) is 1.06. The van der Waals surface area contributed by atoms with Crippen molar-refractivity contribution in [3.63, 3.8) is 0 Å². The van der Waals surface area contributed by atoms with Crippen molar-refractivity contribution in [1.82, 2.24) is 9.66 Å². The Balaban J connectivity index is 2.62. The van der Waals surface area contributed by atoms with Gasteiger partial charge in [0, 0.05) is 18.2 Å². The number of rotatable bonds is 5. The second-order valence-corrected chi connectivity index (χ2v) is 3.64. The van der Waals surface area contributed by atoms with E-state index in [9.17, 15) is 9.59 Å². The summed E-state index contributed by atoms with van der Waals surface area (Å²) in [6, 6.07) is -1.00. The Labute approximate surface area is 97.9 Å². The summed E-state index contributed by atoms with van der Waals surface area (Å²) in [5.74, 6) is -1.43. The first-order valence-electron chi connectivity index (χ1n) is 4.88. The molecule has 0 bridgehead atoms. The summed E-state index contributed by atoms with van der Waals surface area (Å²) in [5.41, 5.74) is 8.70. The van der Waals surface area contributed by atoms with E-state index < -0.39 is 12.0 Å². The van der Waals surface area contributed by atoms with Crippen molar-refractivity contribution in [2.75, 3.05) is 5.43 Å². The molecule has 0 fully saturated rings. The van der Waals surface area contributed by atoms with Crippen LogP contribution in [0.25, 0.3) is 0 Å². The first-order chi connectivity index (χ1) is 7.90. The standard InChI is InChI=1S/C10H14N4O3/c1-6(2)9(15)13-14-4-7(12-5-14)3-8(11)10(16)17/h4-5,8H,1,3,11H2,2H3,(H,13,15)(H,16,17)/t8-/m1/s1. The quantitative estimate of drug-likeness (QED) is 0.598. The zero-order chi connectivity index (χ0) is 13.0. The average molecular weight is 238 g/mol. The van der Waals surface area contributed by atoms with E-state index in [0.29, 0.717) is 11.3 Å². The fourth-order valence-electron chi connectivity index (χ4n) is 1.06. The van der Waals surface area contributed by atoms with Crippen LogP contribution in [0.4, 0.5) is 0 Å². The number of nitrogens with one attached hydrogen (secondary N) is 1. The van der Waals surface area contributed by atoms with E-state index in [1.807, 2.05) is 0 Å². The Kier molecular flexibility index (Phi) is 4.00.